The molecule has 1 aromatic carbocycles. The molecule has 0 amide bonds. The van der Waals surface area contributed by atoms with Gasteiger partial charge in [0, 0.05) is 30.9 Å². The van der Waals surface area contributed by atoms with Crippen molar-refractivity contribution < 1.29 is 9.50 Å². The van der Waals surface area contributed by atoms with Crippen molar-refractivity contribution in [2.75, 3.05) is 30.8 Å². The van der Waals surface area contributed by atoms with Crippen molar-refractivity contribution >= 4 is 23.0 Å². The van der Waals surface area contributed by atoms with Gasteiger partial charge in [0.2, 0.25) is 0 Å². The average molecular weight is 438 g/mol. The normalized spacial score (nSPS) is 18.2. The average Bonchev–Trinajstić information content (AvgIpc) is 3.17. The van der Waals surface area contributed by atoms with Gasteiger partial charge in [-0.1, -0.05) is 6.42 Å². The lowest BCUT2D eigenvalue weighted by Gasteiger charge is -2.24. The molecule has 0 bridgehead atoms. The van der Waals surface area contributed by atoms with Crippen LogP contribution in [0.4, 0.5) is 21.7 Å². The van der Waals surface area contributed by atoms with Crippen molar-refractivity contribution in [3.05, 3.63) is 47.4 Å². The SMILES string of the molecule is CNc1cc(Nc2cc(F)cc(C#N)c2)n2ncc(C3CCC3)c2n1.OC1CCCNC1. The number of hydrogen-bond donors (Lipinski definition) is 4. The van der Waals surface area contributed by atoms with Crippen LogP contribution in [0.3, 0.4) is 0 Å². The summed E-state index contributed by atoms with van der Waals surface area (Å²) >= 11 is 0. The number of anilines is 3. The molecule has 1 saturated carbocycles. The Bertz CT molecular complexity index is 1110. The molecule has 1 atom stereocenters. The molecule has 3 aromatic rings. The Kier molecular flexibility index (Phi) is 6.83. The van der Waals surface area contributed by atoms with E-state index >= 15 is 0 Å². The van der Waals surface area contributed by atoms with Crippen LogP contribution in [0, 0.1) is 17.1 Å². The lowest BCUT2D eigenvalue weighted by atomic mass is 9.81. The van der Waals surface area contributed by atoms with Crippen molar-refractivity contribution in [3.8, 4) is 6.07 Å². The molecule has 0 spiro atoms. The number of benzene rings is 1. The maximum Gasteiger partial charge on any atom is 0.163 e. The highest BCUT2D eigenvalue weighted by Crippen LogP contribution is 2.38. The molecule has 9 heteroatoms. The minimum atomic E-state index is -0.462. The molecule has 4 N–H and O–H groups in total. The predicted molar refractivity (Wildman–Crippen MR) is 122 cm³/mol. The third kappa shape index (κ3) is 4.98. The number of nitrogens with zero attached hydrogens (tertiary/aromatic N) is 4. The van der Waals surface area contributed by atoms with Gasteiger partial charge in [-0.2, -0.15) is 14.9 Å². The number of fused-ring (bicyclic) bond motifs is 1. The molecule has 1 unspecified atom stereocenters. The molecule has 2 aliphatic rings. The minimum Gasteiger partial charge on any atom is -0.392 e. The number of β-amino-alcohol motifs (C(OH)–C–C–N with tert-alkyl or cyclic N) is 1. The lowest BCUT2D eigenvalue weighted by molar-refractivity contribution is 0.142. The van der Waals surface area contributed by atoms with Crippen LogP contribution in [0.2, 0.25) is 0 Å². The topological polar surface area (TPSA) is 110 Å². The minimum absolute atomic E-state index is 0.0752. The standard InChI is InChI=1S/C18H17FN6.C5H11NO/c1-21-16-8-17(23-14-6-11(9-20)5-13(19)7-14)25-18(24-16)15(10-22-25)12-3-2-4-12;7-5-2-1-3-6-4-5/h5-8,10,12,23H,2-4H2,1H3,(H,21,24);5-7H,1-4H2. The van der Waals surface area contributed by atoms with Crippen LogP contribution in [0.15, 0.2) is 30.5 Å². The number of rotatable bonds is 4. The number of aliphatic hydroxyl groups is 1. The third-order valence-electron chi connectivity index (χ3n) is 5.87. The van der Waals surface area contributed by atoms with Gasteiger partial charge in [0.05, 0.1) is 23.9 Å². The van der Waals surface area contributed by atoms with Crippen molar-refractivity contribution in [1.29, 1.82) is 5.26 Å². The molecule has 1 aliphatic heterocycles. The van der Waals surface area contributed by atoms with Gasteiger partial charge < -0.3 is 21.1 Å². The van der Waals surface area contributed by atoms with Crippen molar-refractivity contribution in [1.82, 2.24) is 19.9 Å². The lowest BCUT2D eigenvalue weighted by Crippen LogP contribution is -2.33. The Balaban J connectivity index is 0.000000300. The van der Waals surface area contributed by atoms with Crippen molar-refractivity contribution in [2.45, 2.75) is 44.1 Å². The summed E-state index contributed by atoms with van der Waals surface area (Å²) in [5.74, 6) is 1.41. The highest BCUT2D eigenvalue weighted by molar-refractivity contribution is 5.66. The van der Waals surface area contributed by atoms with Crippen LogP contribution in [-0.2, 0) is 0 Å². The number of aliphatic hydroxyl groups excluding tert-OH is 1. The number of piperidine rings is 1. The van der Waals surface area contributed by atoms with Gasteiger partial charge in [0.15, 0.2) is 5.65 Å². The highest BCUT2D eigenvalue weighted by atomic mass is 19.1. The number of halogens is 1. The first-order valence-electron chi connectivity index (χ1n) is 11.0. The van der Waals surface area contributed by atoms with Gasteiger partial charge in [0.1, 0.15) is 17.5 Å². The summed E-state index contributed by atoms with van der Waals surface area (Å²) in [6.45, 7) is 1.87. The molecule has 0 radical (unpaired) electrons. The van der Waals surface area contributed by atoms with Gasteiger partial charge in [0.25, 0.3) is 0 Å². The fraction of sp³-hybridized carbons (Fsp3) is 0.435. The number of aromatic nitrogens is 3. The second kappa shape index (κ2) is 9.94. The number of nitriles is 1. The Morgan fingerprint density at radius 3 is 2.66 bits per heavy atom. The Labute approximate surface area is 186 Å². The van der Waals surface area contributed by atoms with E-state index in [-0.39, 0.29) is 11.7 Å². The van der Waals surface area contributed by atoms with Gasteiger partial charge in [-0.3, -0.25) is 0 Å². The fourth-order valence-electron chi connectivity index (χ4n) is 3.91. The van der Waals surface area contributed by atoms with E-state index in [0.717, 1.165) is 50.0 Å². The molecule has 168 valence electrons. The van der Waals surface area contributed by atoms with Crippen molar-refractivity contribution in [3.63, 3.8) is 0 Å². The van der Waals surface area contributed by atoms with Crippen LogP contribution in [0.1, 0.15) is 49.1 Å². The van der Waals surface area contributed by atoms with Crippen molar-refractivity contribution in [2.24, 2.45) is 0 Å². The summed E-state index contributed by atoms with van der Waals surface area (Å²) in [6.07, 6.45) is 7.44. The van der Waals surface area contributed by atoms with E-state index in [9.17, 15) is 4.39 Å². The predicted octanol–water partition coefficient (Wildman–Crippen LogP) is 3.52. The molecule has 1 saturated heterocycles. The fourth-order valence-corrected chi connectivity index (χ4v) is 3.91. The van der Waals surface area contributed by atoms with Gasteiger partial charge >= 0.3 is 0 Å². The first kappa shape index (κ1) is 22.0. The molecule has 3 heterocycles. The maximum absolute atomic E-state index is 13.7. The summed E-state index contributed by atoms with van der Waals surface area (Å²) in [7, 11) is 1.80. The zero-order chi connectivity index (χ0) is 22.5. The first-order chi connectivity index (χ1) is 15.6. The maximum atomic E-state index is 13.7. The summed E-state index contributed by atoms with van der Waals surface area (Å²) < 4.78 is 15.4. The summed E-state index contributed by atoms with van der Waals surface area (Å²) in [4.78, 5) is 4.63. The largest absolute Gasteiger partial charge is 0.392 e. The molecule has 8 nitrogen and oxygen atoms in total. The molecular weight excluding hydrogens is 409 g/mol. The zero-order valence-electron chi connectivity index (χ0n) is 18.1. The summed E-state index contributed by atoms with van der Waals surface area (Å²) in [5.41, 5.74) is 2.70. The molecule has 2 fully saturated rings. The quantitative estimate of drug-likeness (QED) is 0.494. The van der Waals surface area contributed by atoms with E-state index in [4.69, 9.17) is 10.4 Å². The van der Waals surface area contributed by atoms with Gasteiger partial charge in [-0.25, -0.2) is 9.37 Å². The van der Waals surface area contributed by atoms with E-state index in [1.54, 1.807) is 17.6 Å². The molecule has 1 aliphatic carbocycles. The Hall–Kier alpha value is -3.22. The van der Waals surface area contributed by atoms with E-state index < -0.39 is 5.82 Å². The van der Waals surface area contributed by atoms with Crippen LogP contribution < -0.4 is 16.0 Å². The Morgan fingerprint density at radius 2 is 2.06 bits per heavy atom. The van der Waals surface area contributed by atoms with E-state index in [0.29, 0.717) is 23.2 Å². The smallest absolute Gasteiger partial charge is 0.163 e. The van der Waals surface area contributed by atoms with Crippen LogP contribution in [0.25, 0.3) is 5.65 Å². The second-order valence-corrected chi connectivity index (χ2v) is 8.21. The van der Waals surface area contributed by atoms with Gasteiger partial charge in [-0.15, -0.1) is 0 Å². The molecule has 32 heavy (non-hydrogen) atoms. The summed E-state index contributed by atoms with van der Waals surface area (Å²) in [6, 6.07) is 7.92. The third-order valence-corrected chi connectivity index (χ3v) is 5.87. The number of nitrogens with one attached hydrogen (secondary N) is 3. The van der Waals surface area contributed by atoms with Crippen LogP contribution in [-0.4, -0.2) is 45.9 Å². The van der Waals surface area contributed by atoms with E-state index in [1.165, 1.54) is 18.6 Å². The molecular formula is C23H28FN7O. The monoisotopic (exact) mass is 437 g/mol. The molecule has 5 rings (SSSR count). The molecule has 2 aromatic heterocycles. The Morgan fingerprint density at radius 1 is 1.22 bits per heavy atom. The number of hydrogen-bond acceptors (Lipinski definition) is 7. The van der Waals surface area contributed by atoms with Gasteiger partial charge in [-0.05, 0) is 56.3 Å². The van der Waals surface area contributed by atoms with E-state index in [2.05, 4.69) is 26.0 Å². The van der Waals surface area contributed by atoms with Crippen LogP contribution >= 0.6 is 0 Å². The summed E-state index contributed by atoms with van der Waals surface area (Å²) in [5, 5.41) is 31.6. The van der Waals surface area contributed by atoms with E-state index in [1.807, 2.05) is 18.3 Å². The van der Waals surface area contributed by atoms with Crippen LogP contribution in [0.5, 0.6) is 0 Å². The highest BCUT2D eigenvalue weighted by Gasteiger charge is 2.24. The second-order valence-electron chi connectivity index (χ2n) is 8.21. The first-order valence-corrected chi connectivity index (χ1v) is 11.0. The zero-order valence-corrected chi connectivity index (χ0v) is 18.1.